The molecular weight excluding hydrogens is 379 g/mol. The molecule has 0 bridgehead atoms. The van der Waals surface area contributed by atoms with E-state index in [9.17, 15) is 4.79 Å². The van der Waals surface area contributed by atoms with Crippen LogP contribution in [-0.4, -0.2) is 9.78 Å². The molecule has 0 amide bonds. The SMILES string of the molecule is O=c1c(-c2ccccc2)c(-c2ccc(Cl)cc2)[nH]n1Cc1cccc(Cl)c1. The summed E-state index contributed by atoms with van der Waals surface area (Å²) in [6.45, 7) is 0.410. The molecule has 0 radical (unpaired) electrons. The van der Waals surface area contributed by atoms with Gasteiger partial charge in [0.1, 0.15) is 0 Å². The Balaban J connectivity index is 1.87. The van der Waals surface area contributed by atoms with Crippen molar-refractivity contribution in [1.82, 2.24) is 9.78 Å². The smallest absolute Gasteiger partial charge is 0.275 e. The van der Waals surface area contributed by atoms with E-state index in [0.717, 1.165) is 22.4 Å². The summed E-state index contributed by atoms with van der Waals surface area (Å²) in [7, 11) is 0. The van der Waals surface area contributed by atoms with Crippen LogP contribution in [0.3, 0.4) is 0 Å². The molecule has 0 aliphatic heterocycles. The molecule has 4 aromatic rings. The second-order valence-corrected chi connectivity index (χ2v) is 7.13. The molecule has 1 N–H and O–H groups in total. The van der Waals surface area contributed by atoms with Crippen LogP contribution in [-0.2, 0) is 6.54 Å². The summed E-state index contributed by atoms with van der Waals surface area (Å²) >= 11 is 12.1. The molecule has 0 aliphatic carbocycles. The van der Waals surface area contributed by atoms with E-state index in [-0.39, 0.29) is 5.56 Å². The Morgan fingerprint density at radius 1 is 0.778 bits per heavy atom. The number of hydrogen-bond acceptors (Lipinski definition) is 1. The fourth-order valence-corrected chi connectivity index (χ4v) is 3.45. The highest BCUT2D eigenvalue weighted by Crippen LogP contribution is 2.29. The second kappa shape index (κ2) is 7.47. The highest BCUT2D eigenvalue weighted by Gasteiger charge is 2.17. The molecule has 0 aliphatic rings. The van der Waals surface area contributed by atoms with Gasteiger partial charge in [-0.2, -0.15) is 0 Å². The van der Waals surface area contributed by atoms with Crippen LogP contribution in [0.1, 0.15) is 5.56 Å². The van der Waals surface area contributed by atoms with Crippen LogP contribution in [0.2, 0.25) is 10.0 Å². The van der Waals surface area contributed by atoms with Crippen molar-refractivity contribution in [2.75, 3.05) is 0 Å². The molecule has 0 fully saturated rings. The van der Waals surface area contributed by atoms with Crippen molar-refractivity contribution in [3.63, 3.8) is 0 Å². The standard InChI is InChI=1S/C22H16Cl2N2O/c23-18-11-9-17(10-12-18)21-20(16-6-2-1-3-7-16)22(27)26(25-21)14-15-5-4-8-19(24)13-15/h1-13,25H,14H2. The van der Waals surface area contributed by atoms with Crippen molar-refractivity contribution in [2.45, 2.75) is 6.54 Å². The number of hydrogen-bond donors (Lipinski definition) is 1. The number of nitrogens with one attached hydrogen (secondary N) is 1. The van der Waals surface area contributed by atoms with Crippen LogP contribution in [0, 0.1) is 0 Å². The van der Waals surface area contributed by atoms with E-state index in [2.05, 4.69) is 5.10 Å². The van der Waals surface area contributed by atoms with E-state index in [1.165, 1.54) is 0 Å². The van der Waals surface area contributed by atoms with Gasteiger partial charge < -0.3 is 0 Å². The predicted molar refractivity (Wildman–Crippen MR) is 111 cm³/mol. The van der Waals surface area contributed by atoms with Crippen molar-refractivity contribution in [1.29, 1.82) is 0 Å². The van der Waals surface area contributed by atoms with Gasteiger partial charge in [-0.25, -0.2) is 4.68 Å². The Bertz CT molecular complexity index is 1130. The number of rotatable bonds is 4. The Kier molecular flexibility index (Phi) is 4.88. The molecule has 3 aromatic carbocycles. The molecule has 5 heteroatoms. The Labute approximate surface area is 166 Å². The maximum Gasteiger partial charge on any atom is 0.275 e. The van der Waals surface area contributed by atoms with Gasteiger partial charge in [-0.1, -0.05) is 77.8 Å². The average Bonchev–Trinajstić information content (AvgIpc) is 2.99. The van der Waals surface area contributed by atoms with Gasteiger partial charge >= 0.3 is 0 Å². The fraction of sp³-hybridized carbons (Fsp3) is 0.0455. The fourth-order valence-electron chi connectivity index (χ4n) is 3.11. The number of aromatic amines is 1. The quantitative estimate of drug-likeness (QED) is 0.461. The molecule has 134 valence electrons. The molecule has 0 saturated heterocycles. The molecule has 0 atom stereocenters. The zero-order chi connectivity index (χ0) is 18.8. The van der Waals surface area contributed by atoms with Gasteiger partial charge in [0, 0.05) is 15.6 Å². The van der Waals surface area contributed by atoms with Crippen LogP contribution >= 0.6 is 23.2 Å². The summed E-state index contributed by atoms with van der Waals surface area (Å²) in [4.78, 5) is 13.2. The van der Waals surface area contributed by atoms with E-state index < -0.39 is 0 Å². The van der Waals surface area contributed by atoms with Crippen LogP contribution in [0.5, 0.6) is 0 Å². The Morgan fingerprint density at radius 3 is 2.22 bits per heavy atom. The topological polar surface area (TPSA) is 37.8 Å². The van der Waals surface area contributed by atoms with Gasteiger partial charge in [-0.15, -0.1) is 0 Å². The minimum absolute atomic E-state index is 0.0777. The summed E-state index contributed by atoms with van der Waals surface area (Å²) in [6, 6.07) is 24.6. The lowest BCUT2D eigenvalue weighted by atomic mass is 10.0. The Hall–Kier alpha value is -2.75. The number of benzene rings is 3. The third kappa shape index (κ3) is 3.70. The lowest BCUT2D eigenvalue weighted by Gasteiger charge is -2.04. The van der Waals surface area contributed by atoms with E-state index in [0.29, 0.717) is 22.2 Å². The molecule has 0 spiro atoms. The lowest BCUT2D eigenvalue weighted by molar-refractivity contribution is 0.666. The molecule has 27 heavy (non-hydrogen) atoms. The monoisotopic (exact) mass is 394 g/mol. The third-order valence-corrected chi connectivity index (χ3v) is 4.87. The molecule has 0 saturated carbocycles. The maximum absolute atomic E-state index is 13.2. The van der Waals surface area contributed by atoms with Crippen molar-refractivity contribution < 1.29 is 0 Å². The first kappa shape index (κ1) is 17.7. The summed E-state index contributed by atoms with van der Waals surface area (Å²) < 4.78 is 1.61. The molecule has 1 heterocycles. The highest BCUT2D eigenvalue weighted by molar-refractivity contribution is 6.30. The maximum atomic E-state index is 13.2. The molecule has 0 unspecified atom stereocenters. The van der Waals surface area contributed by atoms with Crippen LogP contribution < -0.4 is 5.56 Å². The van der Waals surface area contributed by atoms with E-state index >= 15 is 0 Å². The highest BCUT2D eigenvalue weighted by atomic mass is 35.5. The average molecular weight is 395 g/mol. The van der Waals surface area contributed by atoms with Gasteiger partial charge in [0.05, 0.1) is 17.8 Å². The summed E-state index contributed by atoms with van der Waals surface area (Å²) in [5, 5.41) is 4.57. The van der Waals surface area contributed by atoms with E-state index in [4.69, 9.17) is 23.2 Å². The van der Waals surface area contributed by atoms with E-state index in [1.54, 1.807) is 4.68 Å². The second-order valence-electron chi connectivity index (χ2n) is 6.26. The zero-order valence-electron chi connectivity index (χ0n) is 14.3. The minimum Gasteiger partial charge on any atom is -0.294 e. The van der Waals surface area contributed by atoms with Crippen LogP contribution in [0.25, 0.3) is 22.4 Å². The van der Waals surface area contributed by atoms with Gasteiger partial charge in [-0.05, 0) is 35.4 Å². The van der Waals surface area contributed by atoms with Crippen molar-refractivity contribution in [3.8, 4) is 22.4 Å². The first-order valence-electron chi connectivity index (χ1n) is 8.50. The van der Waals surface area contributed by atoms with Gasteiger partial charge in [0.25, 0.3) is 5.56 Å². The van der Waals surface area contributed by atoms with Crippen molar-refractivity contribution >= 4 is 23.2 Å². The molecule has 1 aromatic heterocycles. The number of nitrogens with zero attached hydrogens (tertiary/aromatic N) is 1. The largest absolute Gasteiger partial charge is 0.294 e. The van der Waals surface area contributed by atoms with Crippen molar-refractivity contribution in [2.24, 2.45) is 0 Å². The zero-order valence-corrected chi connectivity index (χ0v) is 15.8. The first-order valence-corrected chi connectivity index (χ1v) is 9.26. The Morgan fingerprint density at radius 2 is 1.52 bits per heavy atom. The van der Waals surface area contributed by atoms with Gasteiger partial charge in [0.15, 0.2) is 0 Å². The number of H-pyrrole nitrogens is 1. The first-order chi connectivity index (χ1) is 13.1. The van der Waals surface area contributed by atoms with Crippen LogP contribution in [0.4, 0.5) is 0 Å². The molecule has 3 nitrogen and oxygen atoms in total. The number of aromatic nitrogens is 2. The van der Waals surface area contributed by atoms with Crippen molar-refractivity contribution in [3.05, 3.63) is 105 Å². The minimum atomic E-state index is -0.0777. The summed E-state index contributed by atoms with van der Waals surface area (Å²) in [5.41, 5.74) is 4.05. The summed E-state index contributed by atoms with van der Waals surface area (Å²) in [5.74, 6) is 0. The third-order valence-electron chi connectivity index (χ3n) is 4.38. The van der Waals surface area contributed by atoms with Gasteiger partial charge in [-0.3, -0.25) is 9.89 Å². The molecule has 4 rings (SSSR count). The lowest BCUT2D eigenvalue weighted by Crippen LogP contribution is -2.18. The summed E-state index contributed by atoms with van der Waals surface area (Å²) in [6.07, 6.45) is 0. The predicted octanol–water partition coefficient (Wildman–Crippen LogP) is 5.87. The van der Waals surface area contributed by atoms with E-state index in [1.807, 2.05) is 78.9 Å². The number of halogens is 2. The molecular formula is C22H16Cl2N2O. The normalized spacial score (nSPS) is 10.9. The van der Waals surface area contributed by atoms with Crippen LogP contribution in [0.15, 0.2) is 83.7 Å². The van der Waals surface area contributed by atoms with Gasteiger partial charge in [0.2, 0.25) is 0 Å².